The van der Waals surface area contributed by atoms with E-state index in [9.17, 15) is 0 Å². The van der Waals surface area contributed by atoms with Crippen LogP contribution in [0.5, 0.6) is 0 Å². The molecule has 29 valence electrons. The van der Waals surface area contributed by atoms with Crippen LogP contribution in [-0.4, -0.2) is 22.0 Å². The Morgan fingerprint density at radius 1 is 1.60 bits per heavy atom. The molecule has 0 amide bonds. The average Bonchev–Trinajstić information content (AvgIpc) is 1.41. The van der Waals surface area contributed by atoms with Gasteiger partial charge in [0.1, 0.15) is 0 Å². The van der Waals surface area contributed by atoms with Crippen molar-refractivity contribution in [2.45, 2.75) is 12.5 Å². The topological polar surface area (TPSA) is 20.2 Å². The van der Waals surface area contributed by atoms with Crippen molar-refractivity contribution < 1.29 is 5.11 Å². The van der Waals surface area contributed by atoms with Gasteiger partial charge in [-0.15, -0.1) is 0 Å². The molecule has 0 aliphatic rings. The standard InChI is InChI=1S/C3H7OSi/c4-2-1-3-5/h4H,1-3H2. The third-order valence-electron chi connectivity index (χ3n) is 0.335. The van der Waals surface area contributed by atoms with Crippen molar-refractivity contribution in [2.24, 2.45) is 0 Å². The summed E-state index contributed by atoms with van der Waals surface area (Å²) in [5.74, 6) is 0. The Hall–Kier alpha value is 0.177. The van der Waals surface area contributed by atoms with Gasteiger partial charge in [0.25, 0.3) is 0 Å². The number of rotatable bonds is 2. The van der Waals surface area contributed by atoms with E-state index in [-0.39, 0.29) is 0 Å². The van der Waals surface area contributed by atoms with Crippen LogP contribution in [0.25, 0.3) is 0 Å². The zero-order valence-corrected chi connectivity index (χ0v) is 4.07. The lowest BCUT2D eigenvalue weighted by atomic mass is 10.5. The summed E-state index contributed by atoms with van der Waals surface area (Å²) in [5.41, 5.74) is 0. The smallest absolute Gasteiger partial charge is 0.0428 e. The molecule has 0 heterocycles. The van der Waals surface area contributed by atoms with Crippen LogP contribution < -0.4 is 0 Å². The van der Waals surface area contributed by atoms with E-state index >= 15 is 0 Å². The van der Waals surface area contributed by atoms with Crippen molar-refractivity contribution in [3.63, 3.8) is 0 Å². The summed E-state index contributed by atoms with van der Waals surface area (Å²) in [4.78, 5) is 0. The molecule has 0 saturated carbocycles. The zero-order valence-electron chi connectivity index (χ0n) is 3.07. The van der Waals surface area contributed by atoms with E-state index in [0.29, 0.717) is 6.61 Å². The van der Waals surface area contributed by atoms with Crippen molar-refractivity contribution in [3.8, 4) is 0 Å². The van der Waals surface area contributed by atoms with Crippen LogP contribution in [0.15, 0.2) is 0 Å². The third kappa shape index (κ3) is 4.18. The van der Waals surface area contributed by atoms with Crippen molar-refractivity contribution in [3.05, 3.63) is 0 Å². The highest BCUT2D eigenvalue weighted by Gasteiger charge is 1.69. The molecular formula is C3H7OSi. The first-order valence-corrected chi connectivity index (χ1v) is 2.38. The summed E-state index contributed by atoms with van der Waals surface area (Å²) in [6.07, 6.45) is 0.858. The molecule has 0 aromatic carbocycles. The first-order chi connectivity index (χ1) is 2.41. The van der Waals surface area contributed by atoms with Crippen LogP contribution in [0.1, 0.15) is 6.42 Å². The third-order valence-corrected chi connectivity index (χ3v) is 0.688. The highest BCUT2D eigenvalue weighted by atomic mass is 28.1. The lowest BCUT2D eigenvalue weighted by Crippen LogP contribution is -1.77. The van der Waals surface area contributed by atoms with Gasteiger partial charge in [-0.25, -0.2) is 0 Å². The molecule has 0 aromatic heterocycles. The summed E-state index contributed by atoms with van der Waals surface area (Å²) in [7, 11) is 3.19. The Kier molecular flexibility index (Phi) is 4.32. The fourth-order valence-corrected chi connectivity index (χ4v) is 0.237. The maximum Gasteiger partial charge on any atom is 0.0428 e. The number of aliphatic hydroxyl groups excluding tert-OH is 1. The molecule has 0 aromatic rings. The average molecular weight is 87.2 g/mol. The molecule has 0 spiro atoms. The molecule has 1 nitrogen and oxygen atoms in total. The van der Waals surface area contributed by atoms with E-state index in [1.165, 1.54) is 0 Å². The van der Waals surface area contributed by atoms with Crippen LogP contribution in [0, 0.1) is 0 Å². The van der Waals surface area contributed by atoms with Gasteiger partial charge in [0.2, 0.25) is 0 Å². The zero-order chi connectivity index (χ0) is 4.12. The monoisotopic (exact) mass is 87.0 g/mol. The van der Waals surface area contributed by atoms with Gasteiger partial charge in [0.05, 0.1) is 0 Å². The van der Waals surface area contributed by atoms with Crippen molar-refractivity contribution in [2.75, 3.05) is 6.61 Å². The maximum absolute atomic E-state index is 8.04. The summed E-state index contributed by atoms with van der Waals surface area (Å²) in [6, 6.07) is 0.899. The summed E-state index contributed by atoms with van der Waals surface area (Å²) >= 11 is 0. The van der Waals surface area contributed by atoms with E-state index in [2.05, 4.69) is 10.2 Å². The molecule has 0 saturated heterocycles. The van der Waals surface area contributed by atoms with Crippen molar-refractivity contribution in [1.29, 1.82) is 0 Å². The minimum absolute atomic E-state index is 0.295. The molecular weight excluding hydrogens is 80.1 g/mol. The number of hydrogen-bond acceptors (Lipinski definition) is 1. The molecule has 0 unspecified atom stereocenters. The largest absolute Gasteiger partial charge is 0.396 e. The lowest BCUT2D eigenvalue weighted by Gasteiger charge is -1.79. The van der Waals surface area contributed by atoms with Crippen LogP contribution in [0.4, 0.5) is 0 Å². The molecule has 5 heavy (non-hydrogen) atoms. The van der Waals surface area contributed by atoms with Gasteiger partial charge < -0.3 is 5.11 Å². The second kappa shape index (κ2) is 4.18. The fourth-order valence-electron chi connectivity index (χ4n) is 0.0791. The summed E-state index contributed by atoms with van der Waals surface area (Å²) in [5, 5.41) is 8.04. The molecule has 0 rings (SSSR count). The van der Waals surface area contributed by atoms with Crippen molar-refractivity contribution >= 4 is 10.2 Å². The molecule has 0 atom stereocenters. The highest BCUT2D eigenvalue weighted by Crippen LogP contribution is 1.76. The Balaban J connectivity index is 2.19. The van der Waals surface area contributed by atoms with E-state index in [1.54, 1.807) is 0 Å². The lowest BCUT2D eigenvalue weighted by molar-refractivity contribution is 0.295. The Morgan fingerprint density at radius 3 is 2.20 bits per heavy atom. The summed E-state index contributed by atoms with van der Waals surface area (Å²) < 4.78 is 0. The van der Waals surface area contributed by atoms with E-state index in [0.717, 1.165) is 12.5 Å². The van der Waals surface area contributed by atoms with Gasteiger partial charge in [0, 0.05) is 16.8 Å². The fraction of sp³-hybridized carbons (Fsp3) is 1.00. The van der Waals surface area contributed by atoms with E-state index < -0.39 is 0 Å². The van der Waals surface area contributed by atoms with Gasteiger partial charge in [-0.1, -0.05) is 6.04 Å². The Morgan fingerprint density at radius 2 is 2.20 bits per heavy atom. The Labute approximate surface area is 35.4 Å². The van der Waals surface area contributed by atoms with Gasteiger partial charge in [-0.3, -0.25) is 0 Å². The van der Waals surface area contributed by atoms with Gasteiger partial charge in [0.15, 0.2) is 0 Å². The number of hydrogen-bond donors (Lipinski definition) is 1. The van der Waals surface area contributed by atoms with Crippen molar-refractivity contribution in [1.82, 2.24) is 0 Å². The second-order valence-corrected chi connectivity index (χ2v) is 1.33. The van der Waals surface area contributed by atoms with Gasteiger partial charge in [-0.2, -0.15) is 0 Å². The minimum Gasteiger partial charge on any atom is -0.396 e. The molecule has 2 heteroatoms. The SMILES string of the molecule is OCCC[Si]. The highest BCUT2D eigenvalue weighted by molar-refractivity contribution is 6.08. The Bertz CT molecular complexity index is 14.4. The quantitative estimate of drug-likeness (QED) is 0.468. The van der Waals surface area contributed by atoms with E-state index in [1.807, 2.05) is 0 Å². The first-order valence-electron chi connectivity index (χ1n) is 1.67. The van der Waals surface area contributed by atoms with Crippen LogP contribution >= 0.6 is 0 Å². The van der Waals surface area contributed by atoms with Gasteiger partial charge in [-0.05, 0) is 6.42 Å². The molecule has 0 fully saturated rings. The molecule has 1 N–H and O–H groups in total. The first kappa shape index (κ1) is 5.18. The van der Waals surface area contributed by atoms with Gasteiger partial charge >= 0.3 is 0 Å². The van der Waals surface area contributed by atoms with E-state index in [4.69, 9.17) is 5.11 Å². The normalized spacial score (nSPS) is 8.40. The summed E-state index contributed by atoms with van der Waals surface area (Å²) in [6.45, 7) is 0.295. The molecule has 0 aliphatic heterocycles. The molecule has 0 bridgehead atoms. The molecule has 0 aliphatic carbocycles. The minimum atomic E-state index is 0.295. The second-order valence-electron chi connectivity index (χ2n) is 0.827. The predicted octanol–water partition coefficient (Wildman–Crippen LogP) is -0.0444. The van der Waals surface area contributed by atoms with Crippen LogP contribution in [0.3, 0.4) is 0 Å². The van der Waals surface area contributed by atoms with Crippen LogP contribution in [0.2, 0.25) is 6.04 Å². The van der Waals surface area contributed by atoms with Crippen LogP contribution in [-0.2, 0) is 0 Å². The number of aliphatic hydroxyl groups is 1. The molecule has 3 radical (unpaired) electrons. The maximum atomic E-state index is 8.04. The predicted molar refractivity (Wildman–Crippen MR) is 22.3 cm³/mol.